The van der Waals surface area contributed by atoms with Gasteiger partial charge in [-0.2, -0.15) is 5.26 Å². The maximum Gasteiger partial charge on any atom is 0.310 e. The lowest BCUT2D eigenvalue weighted by molar-refractivity contribution is -0.153. The van der Waals surface area contributed by atoms with E-state index in [1.165, 1.54) is 0 Å². The first-order valence-electron chi connectivity index (χ1n) is 5.71. The lowest BCUT2D eigenvalue weighted by atomic mass is 10.1. The summed E-state index contributed by atoms with van der Waals surface area (Å²) in [6.45, 7) is 5.53. The first-order valence-corrected chi connectivity index (χ1v) is 5.71. The molecule has 0 atom stereocenters. The van der Waals surface area contributed by atoms with Crippen molar-refractivity contribution in [3.63, 3.8) is 0 Å². The molecule has 0 heterocycles. The van der Waals surface area contributed by atoms with Crippen LogP contribution < -0.4 is 4.74 Å². The average molecular weight is 247 g/mol. The van der Waals surface area contributed by atoms with E-state index in [9.17, 15) is 4.79 Å². The molecule has 0 radical (unpaired) electrons. The standard InChI is InChI=1S/C14H17NO3/c1-14(2,3)18-13(16)10-11-4-6-12(7-5-11)17-9-8-15/h4-7H,9-10H2,1-3H3. The van der Waals surface area contributed by atoms with Gasteiger partial charge < -0.3 is 9.47 Å². The number of benzene rings is 1. The molecule has 18 heavy (non-hydrogen) atoms. The SMILES string of the molecule is CC(C)(C)OC(=O)Cc1ccc(OCC#N)cc1. The van der Waals surface area contributed by atoms with Gasteiger partial charge in [0.15, 0.2) is 6.61 Å². The summed E-state index contributed by atoms with van der Waals surface area (Å²) >= 11 is 0. The Morgan fingerprint density at radius 2 is 1.89 bits per heavy atom. The van der Waals surface area contributed by atoms with Crippen LogP contribution >= 0.6 is 0 Å². The summed E-state index contributed by atoms with van der Waals surface area (Å²) in [7, 11) is 0. The molecule has 96 valence electrons. The van der Waals surface area contributed by atoms with Crippen molar-refractivity contribution in [1.29, 1.82) is 5.26 Å². The third-order valence-corrected chi connectivity index (χ3v) is 2.00. The van der Waals surface area contributed by atoms with E-state index in [-0.39, 0.29) is 19.0 Å². The van der Waals surface area contributed by atoms with Crippen molar-refractivity contribution in [3.05, 3.63) is 29.8 Å². The number of hydrogen-bond acceptors (Lipinski definition) is 4. The van der Waals surface area contributed by atoms with Gasteiger partial charge in [0, 0.05) is 0 Å². The second kappa shape index (κ2) is 6.06. The largest absolute Gasteiger partial charge is 0.479 e. The van der Waals surface area contributed by atoms with Crippen molar-refractivity contribution in [1.82, 2.24) is 0 Å². The summed E-state index contributed by atoms with van der Waals surface area (Å²) < 4.78 is 10.3. The van der Waals surface area contributed by atoms with E-state index >= 15 is 0 Å². The van der Waals surface area contributed by atoms with Gasteiger partial charge in [-0.1, -0.05) is 12.1 Å². The Morgan fingerprint density at radius 1 is 1.28 bits per heavy atom. The predicted octanol–water partition coefficient (Wildman–Crippen LogP) is 2.47. The van der Waals surface area contributed by atoms with E-state index in [0.29, 0.717) is 5.75 Å². The van der Waals surface area contributed by atoms with Crippen LogP contribution in [0, 0.1) is 11.3 Å². The average Bonchev–Trinajstić information content (AvgIpc) is 2.25. The van der Waals surface area contributed by atoms with Crippen molar-refractivity contribution in [2.45, 2.75) is 32.8 Å². The number of carbonyl (C=O) groups is 1. The molecule has 0 unspecified atom stereocenters. The molecule has 0 saturated carbocycles. The highest BCUT2D eigenvalue weighted by molar-refractivity contribution is 5.73. The Balaban J connectivity index is 2.54. The summed E-state index contributed by atoms with van der Waals surface area (Å²) in [5, 5.41) is 8.37. The van der Waals surface area contributed by atoms with E-state index in [1.54, 1.807) is 24.3 Å². The Morgan fingerprint density at radius 3 is 2.39 bits per heavy atom. The lowest BCUT2D eigenvalue weighted by Gasteiger charge is -2.19. The van der Waals surface area contributed by atoms with E-state index in [1.807, 2.05) is 26.8 Å². The molecule has 0 aliphatic heterocycles. The molecule has 0 fully saturated rings. The molecule has 1 aromatic rings. The predicted molar refractivity (Wildman–Crippen MR) is 67.1 cm³/mol. The van der Waals surface area contributed by atoms with Crippen LogP contribution in [0.4, 0.5) is 0 Å². The molecule has 0 aromatic heterocycles. The molecule has 0 aliphatic rings. The monoisotopic (exact) mass is 247 g/mol. The van der Waals surface area contributed by atoms with Gasteiger partial charge >= 0.3 is 5.97 Å². The molecule has 4 nitrogen and oxygen atoms in total. The van der Waals surface area contributed by atoms with Crippen molar-refractivity contribution in [3.8, 4) is 11.8 Å². The smallest absolute Gasteiger partial charge is 0.310 e. The second-order valence-corrected chi connectivity index (χ2v) is 4.85. The van der Waals surface area contributed by atoms with Crippen LogP contribution in [0.5, 0.6) is 5.75 Å². The van der Waals surface area contributed by atoms with Gasteiger partial charge in [0.2, 0.25) is 0 Å². The highest BCUT2D eigenvalue weighted by Gasteiger charge is 2.16. The number of esters is 1. The van der Waals surface area contributed by atoms with E-state index in [4.69, 9.17) is 14.7 Å². The Labute approximate surface area is 107 Å². The van der Waals surface area contributed by atoms with Crippen molar-refractivity contribution in [2.24, 2.45) is 0 Å². The van der Waals surface area contributed by atoms with Crippen LogP contribution in [0.1, 0.15) is 26.3 Å². The third kappa shape index (κ3) is 5.35. The molecule has 1 rings (SSSR count). The number of ether oxygens (including phenoxy) is 2. The van der Waals surface area contributed by atoms with Crippen LogP contribution in [0.2, 0.25) is 0 Å². The van der Waals surface area contributed by atoms with Crippen molar-refractivity contribution < 1.29 is 14.3 Å². The van der Waals surface area contributed by atoms with Crippen LogP contribution in [-0.4, -0.2) is 18.2 Å². The highest BCUT2D eigenvalue weighted by atomic mass is 16.6. The summed E-state index contributed by atoms with van der Waals surface area (Å²) in [4.78, 5) is 11.6. The molecule has 1 aromatic carbocycles. The van der Waals surface area contributed by atoms with Crippen LogP contribution in [-0.2, 0) is 16.0 Å². The number of rotatable bonds is 4. The van der Waals surface area contributed by atoms with Crippen LogP contribution in [0.15, 0.2) is 24.3 Å². The van der Waals surface area contributed by atoms with Crippen LogP contribution in [0.3, 0.4) is 0 Å². The highest BCUT2D eigenvalue weighted by Crippen LogP contribution is 2.14. The third-order valence-electron chi connectivity index (χ3n) is 2.00. The quantitative estimate of drug-likeness (QED) is 0.767. The number of carbonyl (C=O) groups excluding carboxylic acids is 1. The molecule has 0 aliphatic carbocycles. The Bertz CT molecular complexity index is 438. The van der Waals surface area contributed by atoms with E-state index in [2.05, 4.69) is 0 Å². The molecule has 0 bridgehead atoms. The lowest BCUT2D eigenvalue weighted by Crippen LogP contribution is -2.24. The van der Waals surface area contributed by atoms with Gasteiger partial charge in [-0.05, 0) is 38.5 Å². The Kier molecular flexibility index (Phi) is 4.73. The molecule has 0 amide bonds. The van der Waals surface area contributed by atoms with Crippen molar-refractivity contribution in [2.75, 3.05) is 6.61 Å². The van der Waals surface area contributed by atoms with Crippen molar-refractivity contribution >= 4 is 5.97 Å². The molecular weight excluding hydrogens is 230 g/mol. The first kappa shape index (κ1) is 14.0. The summed E-state index contributed by atoms with van der Waals surface area (Å²) in [5.74, 6) is 0.359. The minimum absolute atomic E-state index is 0.0193. The fourth-order valence-corrected chi connectivity index (χ4v) is 1.36. The summed E-state index contributed by atoms with van der Waals surface area (Å²) in [6.07, 6.45) is 0.232. The molecule has 0 N–H and O–H groups in total. The normalized spacial score (nSPS) is 10.6. The number of nitriles is 1. The zero-order chi connectivity index (χ0) is 13.6. The van der Waals surface area contributed by atoms with Crippen LogP contribution in [0.25, 0.3) is 0 Å². The zero-order valence-electron chi connectivity index (χ0n) is 10.9. The Hall–Kier alpha value is -2.02. The zero-order valence-corrected chi connectivity index (χ0v) is 10.9. The van der Waals surface area contributed by atoms with Gasteiger partial charge in [0.1, 0.15) is 17.4 Å². The van der Waals surface area contributed by atoms with E-state index < -0.39 is 5.60 Å². The fraction of sp³-hybridized carbons (Fsp3) is 0.429. The molecule has 0 saturated heterocycles. The van der Waals surface area contributed by atoms with Gasteiger partial charge in [0.05, 0.1) is 6.42 Å². The summed E-state index contributed by atoms with van der Waals surface area (Å²) in [6, 6.07) is 8.94. The minimum Gasteiger partial charge on any atom is -0.479 e. The topological polar surface area (TPSA) is 59.3 Å². The maximum absolute atomic E-state index is 11.6. The van der Waals surface area contributed by atoms with Gasteiger partial charge in [-0.25, -0.2) is 0 Å². The molecular formula is C14H17NO3. The minimum atomic E-state index is -0.465. The number of nitrogens with zero attached hydrogens (tertiary/aromatic N) is 1. The molecule has 4 heteroatoms. The van der Waals surface area contributed by atoms with Gasteiger partial charge in [0.25, 0.3) is 0 Å². The second-order valence-electron chi connectivity index (χ2n) is 4.85. The number of hydrogen-bond donors (Lipinski definition) is 0. The molecule has 0 spiro atoms. The summed E-state index contributed by atoms with van der Waals surface area (Å²) in [5.41, 5.74) is 0.390. The maximum atomic E-state index is 11.6. The fourth-order valence-electron chi connectivity index (χ4n) is 1.36. The first-order chi connectivity index (χ1) is 8.40. The van der Waals surface area contributed by atoms with E-state index in [0.717, 1.165) is 5.56 Å². The van der Waals surface area contributed by atoms with Gasteiger partial charge in [-0.3, -0.25) is 4.79 Å². The van der Waals surface area contributed by atoms with Gasteiger partial charge in [-0.15, -0.1) is 0 Å².